The molecule has 0 radical (unpaired) electrons. The van der Waals surface area contributed by atoms with Crippen molar-refractivity contribution in [1.82, 2.24) is 24.6 Å². The van der Waals surface area contributed by atoms with E-state index in [1.54, 1.807) is 42.9 Å². The first-order valence-electron chi connectivity index (χ1n) is 9.49. The quantitative estimate of drug-likeness (QED) is 0.513. The van der Waals surface area contributed by atoms with Gasteiger partial charge in [0.05, 0.1) is 17.4 Å². The average molecular weight is 416 g/mol. The van der Waals surface area contributed by atoms with E-state index in [2.05, 4.69) is 20.4 Å². The number of benzene rings is 1. The summed E-state index contributed by atoms with van der Waals surface area (Å²) in [5.41, 5.74) is 3.23. The van der Waals surface area contributed by atoms with Gasteiger partial charge in [0, 0.05) is 36.1 Å². The number of carbonyl (C=O) groups is 2. The lowest BCUT2D eigenvalue weighted by molar-refractivity contribution is 0.0692. The van der Waals surface area contributed by atoms with Crippen molar-refractivity contribution >= 4 is 28.6 Å². The maximum absolute atomic E-state index is 12.9. The van der Waals surface area contributed by atoms with Gasteiger partial charge in [-0.15, -0.1) is 0 Å². The molecular formula is C22H20N6O3. The molecule has 0 saturated carbocycles. The number of nitrogens with one attached hydrogen (secondary N) is 1. The zero-order chi connectivity index (χ0) is 22.0. The number of rotatable bonds is 5. The zero-order valence-electron chi connectivity index (χ0n) is 17.0. The Morgan fingerprint density at radius 3 is 2.61 bits per heavy atom. The second-order valence-electron chi connectivity index (χ2n) is 7.29. The van der Waals surface area contributed by atoms with E-state index in [0.29, 0.717) is 23.1 Å². The molecule has 1 aromatic carbocycles. The number of hydrogen-bond donors (Lipinski definition) is 2. The Balaban J connectivity index is 1.70. The largest absolute Gasteiger partial charge is 0.476 e. The third kappa shape index (κ3) is 4.26. The molecule has 4 aromatic rings. The number of carboxylic acid groups (broad SMARTS) is 1. The van der Waals surface area contributed by atoms with Gasteiger partial charge in [0.25, 0.3) is 0 Å². The molecule has 3 aromatic heterocycles. The van der Waals surface area contributed by atoms with Gasteiger partial charge in [-0.2, -0.15) is 9.78 Å². The Bertz CT molecular complexity index is 1270. The van der Waals surface area contributed by atoms with Crippen LogP contribution in [0.3, 0.4) is 0 Å². The SMILES string of the molecule is CN(C)Cc1cncc(NC(=O)n2nc(C(=O)O)c3cc(-c4cccnc4)ccc32)c1. The first-order valence-corrected chi connectivity index (χ1v) is 9.49. The Hall–Kier alpha value is -4.11. The van der Waals surface area contributed by atoms with Crippen LogP contribution in [-0.2, 0) is 6.54 Å². The molecule has 3 heterocycles. The van der Waals surface area contributed by atoms with Crippen LogP contribution in [0.2, 0.25) is 0 Å². The third-order valence-corrected chi connectivity index (χ3v) is 4.61. The Morgan fingerprint density at radius 2 is 1.90 bits per heavy atom. The van der Waals surface area contributed by atoms with Crippen molar-refractivity contribution in [1.29, 1.82) is 0 Å². The van der Waals surface area contributed by atoms with Gasteiger partial charge in [-0.3, -0.25) is 9.97 Å². The summed E-state index contributed by atoms with van der Waals surface area (Å²) >= 11 is 0. The first kappa shape index (κ1) is 20.2. The summed E-state index contributed by atoms with van der Waals surface area (Å²) in [6, 6.07) is 10.1. The summed E-state index contributed by atoms with van der Waals surface area (Å²) < 4.78 is 1.06. The summed E-state index contributed by atoms with van der Waals surface area (Å²) in [5, 5.41) is 16.8. The number of aromatic carboxylic acids is 1. The summed E-state index contributed by atoms with van der Waals surface area (Å²) in [5.74, 6) is -1.21. The van der Waals surface area contributed by atoms with Gasteiger partial charge in [-0.25, -0.2) is 9.59 Å². The Labute approximate surface area is 178 Å². The van der Waals surface area contributed by atoms with Crippen molar-refractivity contribution < 1.29 is 14.7 Å². The van der Waals surface area contributed by atoms with Crippen LogP contribution >= 0.6 is 0 Å². The minimum atomic E-state index is -1.21. The van der Waals surface area contributed by atoms with E-state index in [1.807, 2.05) is 31.1 Å². The predicted molar refractivity (Wildman–Crippen MR) is 116 cm³/mol. The third-order valence-electron chi connectivity index (χ3n) is 4.61. The normalized spacial score (nSPS) is 11.1. The van der Waals surface area contributed by atoms with Gasteiger partial charge in [-0.1, -0.05) is 12.1 Å². The van der Waals surface area contributed by atoms with Crippen molar-refractivity contribution in [2.24, 2.45) is 0 Å². The molecule has 0 aliphatic carbocycles. The minimum Gasteiger partial charge on any atom is -0.476 e. The molecule has 0 bridgehead atoms. The number of carboxylic acids is 1. The number of aromatic nitrogens is 4. The van der Waals surface area contributed by atoms with Gasteiger partial charge in [-0.05, 0) is 49.5 Å². The van der Waals surface area contributed by atoms with Gasteiger partial charge in [0.15, 0.2) is 5.69 Å². The van der Waals surface area contributed by atoms with Crippen LogP contribution in [0, 0.1) is 0 Å². The molecule has 0 unspecified atom stereocenters. The highest BCUT2D eigenvalue weighted by Gasteiger charge is 2.21. The van der Waals surface area contributed by atoms with Crippen LogP contribution in [0.5, 0.6) is 0 Å². The molecule has 0 atom stereocenters. The van der Waals surface area contributed by atoms with Crippen molar-refractivity contribution in [3.8, 4) is 11.1 Å². The van der Waals surface area contributed by atoms with Crippen LogP contribution in [0.1, 0.15) is 16.1 Å². The van der Waals surface area contributed by atoms with Gasteiger partial charge >= 0.3 is 12.0 Å². The molecule has 156 valence electrons. The van der Waals surface area contributed by atoms with E-state index in [0.717, 1.165) is 21.4 Å². The molecule has 4 rings (SSSR count). The summed E-state index contributed by atoms with van der Waals surface area (Å²) in [4.78, 5) is 34.9. The Morgan fingerprint density at radius 1 is 1.06 bits per heavy atom. The van der Waals surface area contributed by atoms with Crippen LogP contribution in [-0.4, -0.2) is 55.9 Å². The molecule has 0 aliphatic rings. The molecule has 2 N–H and O–H groups in total. The maximum atomic E-state index is 12.9. The topological polar surface area (TPSA) is 113 Å². The molecule has 0 saturated heterocycles. The van der Waals surface area contributed by atoms with E-state index >= 15 is 0 Å². The first-order chi connectivity index (χ1) is 14.9. The molecular weight excluding hydrogens is 396 g/mol. The molecule has 1 amide bonds. The van der Waals surface area contributed by atoms with Gasteiger partial charge in [0.2, 0.25) is 0 Å². The lowest BCUT2D eigenvalue weighted by Crippen LogP contribution is -2.21. The number of anilines is 1. The zero-order valence-corrected chi connectivity index (χ0v) is 17.0. The van der Waals surface area contributed by atoms with Crippen molar-refractivity contribution in [2.45, 2.75) is 6.54 Å². The highest BCUT2D eigenvalue weighted by Crippen LogP contribution is 2.26. The molecule has 9 nitrogen and oxygen atoms in total. The number of carbonyl (C=O) groups excluding carboxylic acids is 1. The van der Waals surface area contributed by atoms with Crippen molar-refractivity contribution in [2.75, 3.05) is 19.4 Å². The summed E-state index contributed by atoms with van der Waals surface area (Å²) in [6.45, 7) is 0.668. The van der Waals surface area contributed by atoms with Crippen molar-refractivity contribution in [3.05, 3.63) is 72.4 Å². The van der Waals surface area contributed by atoms with E-state index in [-0.39, 0.29) is 5.69 Å². The second-order valence-corrected chi connectivity index (χ2v) is 7.29. The van der Waals surface area contributed by atoms with Crippen LogP contribution in [0.25, 0.3) is 22.0 Å². The monoisotopic (exact) mass is 416 g/mol. The number of amides is 1. The highest BCUT2D eigenvalue weighted by atomic mass is 16.4. The summed E-state index contributed by atoms with van der Waals surface area (Å²) in [7, 11) is 3.88. The lowest BCUT2D eigenvalue weighted by Gasteiger charge is -2.11. The van der Waals surface area contributed by atoms with Crippen molar-refractivity contribution in [3.63, 3.8) is 0 Å². The fraction of sp³-hybridized carbons (Fsp3) is 0.136. The number of nitrogens with zero attached hydrogens (tertiary/aromatic N) is 5. The molecule has 0 fully saturated rings. The highest BCUT2D eigenvalue weighted by molar-refractivity contribution is 6.06. The average Bonchev–Trinajstić information content (AvgIpc) is 3.13. The summed E-state index contributed by atoms with van der Waals surface area (Å²) in [6.07, 6.45) is 6.60. The molecule has 9 heteroatoms. The fourth-order valence-corrected chi connectivity index (χ4v) is 3.33. The van der Waals surface area contributed by atoms with E-state index in [1.165, 1.54) is 6.20 Å². The van der Waals surface area contributed by atoms with E-state index < -0.39 is 12.0 Å². The Kier molecular flexibility index (Phi) is 5.42. The standard InChI is InChI=1S/C22H20N6O3/c1-27(2)13-14-8-17(12-24-10-14)25-22(31)28-19-6-5-15(16-4-3-7-23-11-16)9-18(19)20(26-28)21(29)30/h3-12H,13H2,1-2H3,(H,25,31)(H,29,30). The second kappa shape index (κ2) is 8.33. The molecule has 0 aliphatic heterocycles. The van der Waals surface area contributed by atoms with Gasteiger partial charge < -0.3 is 15.3 Å². The molecule has 31 heavy (non-hydrogen) atoms. The lowest BCUT2D eigenvalue weighted by atomic mass is 10.0. The van der Waals surface area contributed by atoms with Crippen LogP contribution in [0.4, 0.5) is 10.5 Å². The van der Waals surface area contributed by atoms with Crippen LogP contribution < -0.4 is 5.32 Å². The smallest absolute Gasteiger partial charge is 0.357 e. The molecule has 0 spiro atoms. The maximum Gasteiger partial charge on any atom is 0.357 e. The van der Waals surface area contributed by atoms with E-state index in [9.17, 15) is 14.7 Å². The van der Waals surface area contributed by atoms with Gasteiger partial charge in [0.1, 0.15) is 0 Å². The minimum absolute atomic E-state index is 0.199. The van der Waals surface area contributed by atoms with E-state index in [4.69, 9.17) is 0 Å². The number of pyridine rings is 2. The number of hydrogen-bond acceptors (Lipinski definition) is 6. The van der Waals surface area contributed by atoms with Crippen LogP contribution in [0.15, 0.2) is 61.2 Å². The fourth-order valence-electron chi connectivity index (χ4n) is 3.33. The number of fused-ring (bicyclic) bond motifs is 1. The predicted octanol–water partition coefficient (Wildman–Crippen LogP) is 3.33.